The molecule has 116 valence electrons. The van der Waals surface area contributed by atoms with Crippen LogP contribution < -0.4 is 0 Å². The van der Waals surface area contributed by atoms with Crippen LogP contribution in [-0.4, -0.2) is 21.3 Å². The first-order valence-electron chi connectivity index (χ1n) is 7.34. The Labute approximate surface area is 129 Å². The second kappa shape index (κ2) is 6.52. The summed E-state index contributed by atoms with van der Waals surface area (Å²) in [5, 5.41) is 30.4. The molecule has 22 heavy (non-hydrogen) atoms. The Morgan fingerprint density at radius 2 is 1.41 bits per heavy atom. The number of hydrogen-bond acceptors (Lipinski definition) is 3. The van der Waals surface area contributed by atoms with Crippen LogP contribution in [0, 0.1) is 0 Å². The monoisotopic (exact) mass is 300 g/mol. The molecule has 0 saturated heterocycles. The Morgan fingerprint density at radius 3 is 1.77 bits per heavy atom. The number of benzene rings is 2. The van der Waals surface area contributed by atoms with Crippen molar-refractivity contribution < 1.29 is 20.1 Å². The van der Waals surface area contributed by atoms with Gasteiger partial charge in [0.15, 0.2) is 0 Å². The maximum Gasteiger partial charge on any atom is 0.318 e. The number of unbranched alkanes of at least 4 members (excludes halogenated alkanes) is 1. The fourth-order valence-corrected chi connectivity index (χ4v) is 2.86. The molecule has 4 heteroatoms. The largest absolute Gasteiger partial charge is 0.508 e. The fourth-order valence-electron chi connectivity index (χ4n) is 2.86. The quantitative estimate of drug-likeness (QED) is 0.761. The number of phenolic OH excluding ortho intramolecular Hbond substituents is 2. The number of carboxylic acid groups (broad SMARTS) is 1. The summed E-state index contributed by atoms with van der Waals surface area (Å²) in [7, 11) is 0. The minimum Gasteiger partial charge on any atom is -0.508 e. The van der Waals surface area contributed by atoms with Gasteiger partial charge in [-0.05, 0) is 18.6 Å². The summed E-state index contributed by atoms with van der Waals surface area (Å²) in [6, 6.07) is 12.8. The van der Waals surface area contributed by atoms with Gasteiger partial charge in [-0.3, -0.25) is 4.79 Å². The summed E-state index contributed by atoms with van der Waals surface area (Å²) in [5.74, 6) is -1.24. The third-order valence-electron chi connectivity index (χ3n) is 4.00. The van der Waals surface area contributed by atoms with Crippen LogP contribution in [0.3, 0.4) is 0 Å². The molecule has 0 unspecified atom stereocenters. The average Bonchev–Trinajstić information content (AvgIpc) is 2.50. The first-order chi connectivity index (χ1) is 10.5. The van der Waals surface area contributed by atoms with Gasteiger partial charge in [0, 0.05) is 11.1 Å². The standard InChI is InChI=1S/C18H20O4/c1-2-3-12-18(17(21)22,13-8-4-6-10-15(13)19)14-9-5-7-11-16(14)20/h4-11,19-20H,2-3,12H2,1H3,(H,21,22). The molecule has 0 saturated carbocycles. The number of aromatic hydroxyl groups is 2. The van der Waals surface area contributed by atoms with Crippen LogP contribution >= 0.6 is 0 Å². The van der Waals surface area contributed by atoms with Crippen molar-refractivity contribution in [1.82, 2.24) is 0 Å². The average molecular weight is 300 g/mol. The molecule has 0 fully saturated rings. The normalized spacial score (nSPS) is 11.3. The van der Waals surface area contributed by atoms with Crippen molar-refractivity contribution in [3.63, 3.8) is 0 Å². The van der Waals surface area contributed by atoms with Gasteiger partial charge in [-0.15, -0.1) is 0 Å². The van der Waals surface area contributed by atoms with Crippen LogP contribution in [0.15, 0.2) is 48.5 Å². The van der Waals surface area contributed by atoms with Crippen LogP contribution in [-0.2, 0) is 10.2 Å². The van der Waals surface area contributed by atoms with Gasteiger partial charge in [-0.1, -0.05) is 56.2 Å². The third kappa shape index (κ3) is 2.64. The van der Waals surface area contributed by atoms with Crippen LogP contribution in [0.1, 0.15) is 37.3 Å². The molecule has 3 N–H and O–H groups in total. The lowest BCUT2D eigenvalue weighted by molar-refractivity contribution is -0.142. The molecule has 2 aromatic carbocycles. The SMILES string of the molecule is CCCCC(C(=O)O)(c1ccccc1O)c1ccccc1O. The molecule has 0 aliphatic rings. The Kier molecular flexibility index (Phi) is 4.71. The van der Waals surface area contributed by atoms with Gasteiger partial charge in [0.05, 0.1) is 0 Å². The fraction of sp³-hybridized carbons (Fsp3) is 0.278. The molecule has 0 spiro atoms. The first-order valence-corrected chi connectivity index (χ1v) is 7.34. The molecule has 0 heterocycles. The van der Waals surface area contributed by atoms with Crippen molar-refractivity contribution in [3.8, 4) is 11.5 Å². The zero-order chi connectivity index (χ0) is 16.2. The van der Waals surface area contributed by atoms with Gasteiger partial charge in [0.1, 0.15) is 16.9 Å². The van der Waals surface area contributed by atoms with Crippen molar-refractivity contribution in [2.45, 2.75) is 31.6 Å². The van der Waals surface area contributed by atoms with Crippen molar-refractivity contribution in [3.05, 3.63) is 59.7 Å². The molecule has 0 bridgehead atoms. The van der Waals surface area contributed by atoms with E-state index < -0.39 is 11.4 Å². The van der Waals surface area contributed by atoms with E-state index in [1.807, 2.05) is 6.92 Å². The Bertz CT molecular complexity index is 618. The van der Waals surface area contributed by atoms with Gasteiger partial charge < -0.3 is 15.3 Å². The summed E-state index contributed by atoms with van der Waals surface area (Å²) < 4.78 is 0. The van der Waals surface area contributed by atoms with E-state index in [9.17, 15) is 20.1 Å². The highest BCUT2D eigenvalue weighted by molar-refractivity contribution is 5.88. The second-order valence-electron chi connectivity index (χ2n) is 5.35. The molecule has 2 rings (SSSR count). The Hall–Kier alpha value is -2.49. The third-order valence-corrected chi connectivity index (χ3v) is 4.00. The molecule has 0 atom stereocenters. The van der Waals surface area contributed by atoms with Crippen LogP contribution in [0.25, 0.3) is 0 Å². The zero-order valence-corrected chi connectivity index (χ0v) is 12.5. The van der Waals surface area contributed by atoms with Gasteiger partial charge in [0.25, 0.3) is 0 Å². The number of carbonyl (C=O) groups is 1. The highest BCUT2D eigenvalue weighted by atomic mass is 16.4. The van der Waals surface area contributed by atoms with E-state index in [4.69, 9.17) is 0 Å². The van der Waals surface area contributed by atoms with E-state index in [2.05, 4.69) is 0 Å². The zero-order valence-electron chi connectivity index (χ0n) is 12.5. The predicted octanol–water partition coefficient (Wildman–Crippen LogP) is 3.66. The van der Waals surface area contributed by atoms with Gasteiger partial charge in [-0.2, -0.15) is 0 Å². The maximum atomic E-state index is 12.2. The molecule has 0 aliphatic heterocycles. The van der Waals surface area contributed by atoms with Crippen molar-refractivity contribution >= 4 is 5.97 Å². The van der Waals surface area contributed by atoms with Crippen molar-refractivity contribution in [1.29, 1.82) is 0 Å². The van der Waals surface area contributed by atoms with Crippen LogP contribution in [0.4, 0.5) is 0 Å². The number of hydrogen-bond donors (Lipinski definition) is 3. The van der Waals surface area contributed by atoms with Crippen LogP contribution in [0.5, 0.6) is 11.5 Å². The molecular weight excluding hydrogens is 280 g/mol. The topological polar surface area (TPSA) is 77.8 Å². The van der Waals surface area contributed by atoms with E-state index in [0.717, 1.165) is 6.42 Å². The highest BCUT2D eigenvalue weighted by Crippen LogP contribution is 2.44. The lowest BCUT2D eigenvalue weighted by Gasteiger charge is -2.31. The molecule has 2 aromatic rings. The first kappa shape index (κ1) is 15.9. The smallest absolute Gasteiger partial charge is 0.318 e. The number of phenols is 2. The van der Waals surface area contributed by atoms with E-state index >= 15 is 0 Å². The Morgan fingerprint density at radius 1 is 0.955 bits per heavy atom. The van der Waals surface area contributed by atoms with Gasteiger partial charge >= 0.3 is 5.97 Å². The minimum absolute atomic E-state index is 0.0794. The van der Waals surface area contributed by atoms with Crippen molar-refractivity contribution in [2.75, 3.05) is 0 Å². The molecule has 0 aromatic heterocycles. The van der Waals surface area contributed by atoms with Gasteiger partial charge in [-0.25, -0.2) is 0 Å². The summed E-state index contributed by atoms with van der Waals surface area (Å²) in [6.45, 7) is 1.97. The number of carboxylic acids is 1. The summed E-state index contributed by atoms with van der Waals surface area (Å²) in [4.78, 5) is 12.2. The molecule has 0 radical (unpaired) electrons. The van der Waals surface area contributed by atoms with Gasteiger partial charge in [0.2, 0.25) is 0 Å². The predicted molar refractivity (Wildman–Crippen MR) is 84.2 cm³/mol. The number of rotatable bonds is 6. The molecular formula is C18H20O4. The van der Waals surface area contributed by atoms with E-state index in [1.165, 1.54) is 12.1 Å². The van der Waals surface area contributed by atoms with Crippen LogP contribution in [0.2, 0.25) is 0 Å². The van der Waals surface area contributed by atoms with Crippen molar-refractivity contribution in [2.24, 2.45) is 0 Å². The Balaban J connectivity index is 2.75. The molecule has 0 amide bonds. The van der Waals surface area contributed by atoms with E-state index in [-0.39, 0.29) is 11.5 Å². The molecule has 0 aliphatic carbocycles. The molecule has 4 nitrogen and oxygen atoms in total. The maximum absolute atomic E-state index is 12.2. The number of para-hydroxylation sites is 2. The summed E-state index contributed by atoms with van der Waals surface area (Å²) >= 11 is 0. The lowest BCUT2D eigenvalue weighted by atomic mass is 9.70. The minimum atomic E-state index is -1.47. The summed E-state index contributed by atoms with van der Waals surface area (Å²) in [6.07, 6.45) is 1.78. The highest BCUT2D eigenvalue weighted by Gasteiger charge is 2.45. The summed E-state index contributed by atoms with van der Waals surface area (Å²) in [5.41, 5.74) is -0.859. The lowest BCUT2D eigenvalue weighted by Crippen LogP contribution is -2.37. The second-order valence-corrected chi connectivity index (χ2v) is 5.35. The van der Waals surface area contributed by atoms with E-state index in [0.29, 0.717) is 24.0 Å². The number of aliphatic carboxylic acids is 1. The van der Waals surface area contributed by atoms with E-state index in [1.54, 1.807) is 36.4 Å².